The summed E-state index contributed by atoms with van der Waals surface area (Å²) in [7, 11) is 1.88. The number of hydrogen-bond donors (Lipinski definition) is 1. The summed E-state index contributed by atoms with van der Waals surface area (Å²) in [5.74, 6) is 0.901. The number of hydrogen-bond acceptors (Lipinski definition) is 3. The highest BCUT2D eigenvalue weighted by Crippen LogP contribution is 2.30. The van der Waals surface area contributed by atoms with Crippen LogP contribution in [0.5, 0.6) is 0 Å². The number of benzene rings is 1. The highest BCUT2D eigenvalue weighted by Gasteiger charge is 2.01. The molecule has 1 aromatic carbocycles. The van der Waals surface area contributed by atoms with Gasteiger partial charge in [0, 0.05) is 23.0 Å². The Kier molecular flexibility index (Phi) is 3.47. The normalized spacial score (nSPS) is 10.1. The molecule has 0 bridgehead atoms. The zero-order chi connectivity index (χ0) is 11.4. The van der Waals surface area contributed by atoms with E-state index in [9.17, 15) is 0 Å². The van der Waals surface area contributed by atoms with E-state index < -0.39 is 0 Å². The fourth-order valence-corrected chi connectivity index (χ4v) is 2.34. The summed E-state index contributed by atoms with van der Waals surface area (Å²) in [5.41, 5.74) is 1.30. The van der Waals surface area contributed by atoms with Crippen molar-refractivity contribution >= 4 is 17.6 Å². The fourth-order valence-electron chi connectivity index (χ4n) is 1.41. The molecule has 0 aliphatic rings. The van der Waals surface area contributed by atoms with Crippen LogP contribution in [0.25, 0.3) is 0 Å². The SMILES string of the molecule is CNc1cc(Sc2ccccc2C)ccn1. The van der Waals surface area contributed by atoms with Crippen LogP contribution in [0, 0.1) is 6.92 Å². The van der Waals surface area contributed by atoms with E-state index in [0.29, 0.717) is 0 Å². The largest absolute Gasteiger partial charge is 0.373 e. The Morgan fingerprint density at radius 1 is 1.19 bits per heavy atom. The van der Waals surface area contributed by atoms with Gasteiger partial charge >= 0.3 is 0 Å². The Morgan fingerprint density at radius 2 is 2.00 bits per heavy atom. The van der Waals surface area contributed by atoms with Crippen LogP contribution < -0.4 is 5.32 Å². The quantitative estimate of drug-likeness (QED) is 0.872. The third-order valence-electron chi connectivity index (χ3n) is 2.31. The number of nitrogens with zero attached hydrogens (tertiary/aromatic N) is 1. The van der Waals surface area contributed by atoms with Crippen LogP contribution in [0.4, 0.5) is 5.82 Å². The topological polar surface area (TPSA) is 24.9 Å². The van der Waals surface area contributed by atoms with E-state index in [0.717, 1.165) is 5.82 Å². The van der Waals surface area contributed by atoms with Crippen LogP contribution in [0.1, 0.15) is 5.56 Å². The number of nitrogens with one attached hydrogen (secondary N) is 1. The van der Waals surface area contributed by atoms with E-state index in [1.807, 2.05) is 19.3 Å². The summed E-state index contributed by atoms with van der Waals surface area (Å²) in [6, 6.07) is 12.5. The molecule has 3 heteroatoms. The van der Waals surface area contributed by atoms with E-state index >= 15 is 0 Å². The number of pyridine rings is 1. The molecule has 0 atom stereocenters. The second-order valence-electron chi connectivity index (χ2n) is 3.49. The molecule has 0 aliphatic carbocycles. The van der Waals surface area contributed by atoms with Gasteiger partial charge in [-0.1, -0.05) is 30.0 Å². The van der Waals surface area contributed by atoms with Crippen molar-refractivity contribution in [1.29, 1.82) is 0 Å². The lowest BCUT2D eigenvalue weighted by Gasteiger charge is -2.06. The molecule has 2 nitrogen and oxygen atoms in total. The average Bonchev–Trinajstić information content (AvgIpc) is 2.32. The van der Waals surface area contributed by atoms with Gasteiger partial charge < -0.3 is 5.32 Å². The van der Waals surface area contributed by atoms with Gasteiger partial charge in [-0.05, 0) is 30.7 Å². The first-order chi connectivity index (χ1) is 7.79. The Hall–Kier alpha value is -1.48. The predicted molar refractivity (Wildman–Crippen MR) is 69.1 cm³/mol. The molecule has 0 spiro atoms. The standard InChI is InChI=1S/C13H14N2S/c1-10-5-3-4-6-12(10)16-11-7-8-15-13(9-11)14-2/h3-9H,1-2H3,(H,14,15). The van der Waals surface area contributed by atoms with E-state index in [2.05, 4.69) is 47.6 Å². The minimum atomic E-state index is 0.901. The maximum Gasteiger partial charge on any atom is 0.126 e. The lowest BCUT2D eigenvalue weighted by atomic mass is 10.2. The van der Waals surface area contributed by atoms with Crippen LogP contribution in [0.2, 0.25) is 0 Å². The van der Waals surface area contributed by atoms with Gasteiger partial charge in [-0.2, -0.15) is 0 Å². The zero-order valence-corrected chi connectivity index (χ0v) is 10.2. The molecule has 0 unspecified atom stereocenters. The first-order valence-corrected chi connectivity index (χ1v) is 5.98. The highest BCUT2D eigenvalue weighted by molar-refractivity contribution is 7.99. The molecule has 0 fully saturated rings. The summed E-state index contributed by atoms with van der Waals surface area (Å²) in [6.07, 6.45) is 1.83. The van der Waals surface area contributed by atoms with E-state index in [1.54, 1.807) is 11.8 Å². The van der Waals surface area contributed by atoms with Crippen molar-refractivity contribution in [2.24, 2.45) is 0 Å². The smallest absolute Gasteiger partial charge is 0.126 e. The molecular weight excluding hydrogens is 216 g/mol. The molecular formula is C13H14N2S. The molecule has 0 saturated heterocycles. The first-order valence-electron chi connectivity index (χ1n) is 5.17. The van der Waals surface area contributed by atoms with E-state index in [1.165, 1.54) is 15.4 Å². The molecule has 2 rings (SSSR count). The Bertz CT molecular complexity index is 483. The van der Waals surface area contributed by atoms with Crippen LogP contribution >= 0.6 is 11.8 Å². The number of aryl methyl sites for hydroxylation is 1. The van der Waals surface area contributed by atoms with Crippen molar-refractivity contribution in [3.05, 3.63) is 48.2 Å². The van der Waals surface area contributed by atoms with Gasteiger partial charge in [-0.25, -0.2) is 4.98 Å². The number of rotatable bonds is 3. The van der Waals surface area contributed by atoms with Gasteiger partial charge in [0.25, 0.3) is 0 Å². The van der Waals surface area contributed by atoms with Gasteiger partial charge in [0.15, 0.2) is 0 Å². The van der Waals surface area contributed by atoms with Crippen molar-refractivity contribution in [1.82, 2.24) is 4.98 Å². The third-order valence-corrected chi connectivity index (χ3v) is 3.48. The highest BCUT2D eigenvalue weighted by atomic mass is 32.2. The Labute approximate surface area is 100 Å². The van der Waals surface area contributed by atoms with Gasteiger partial charge in [0.05, 0.1) is 0 Å². The minimum Gasteiger partial charge on any atom is -0.373 e. The van der Waals surface area contributed by atoms with Crippen molar-refractivity contribution in [2.45, 2.75) is 16.7 Å². The molecule has 0 saturated carbocycles. The number of aromatic nitrogens is 1. The van der Waals surface area contributed by atoms with Gasteiger partial charge in [0.1, 0.15) is 5.82 Å². The average molecular weight is 230 g/mol. The van der Waals surface area contributed by atoms with Gasteiger partial charge in [-0.3, -0.25) is 0 Å². The monoisotopic (exact) mass is 230 g/mol. The van der Waals surface area contributed by atoms with Crippen LogP contribution in [-0.4, -0.2) is 12.0 Å². The zero-order valence-electron chi connectivity index (χ0n) is 9.40. The van der Waals surface area contributed by atoms with Crippen molar-refractivity contribution in [3.63, 3.8) is 0 Å². The second-order valence-corrected chi connectivity index (χ2v) is 4.61. The minimum absolute atomic E-state index is 0.901. The molecule has 16 heavy (non-hydrogen) atoms. The Morgan fingerprint density at radius 3 is 2.75 bits per heavy atom. The van der Waals surface area contributed by atoms with Crippen molar-refractivity contribution in [2.75, 3.05) is 12.4 Å². The molecule has 1 aromatic heterocycles. The Balaban J connectivity index is 2.24. The number of anilines is 1. The molecule has 0 aliphatic heterocycles. The molecule has 0 amide bonds. The summed E-state index contributed by atoms with van der Waals surface area (Å²) in [4.78, 5) is 6.69. The molecule has 0 radical (unpaired) electrons. The lowest BCUT2D eigenvalue weighted by molar-refractivity contribution is 1.23. The van der Waals surface area contributed by atoms with Crippen LogP contribution in [0.15, 0.2) is 52.4 Å². The fraction of sp³-hybridized carbons (Fsp3) is 0.154. The second kappa shape index (κ2) is 5.03. The lowest BCUT2D eigenvalue weighted by Crippen LogP contribution is -1.91. The predicted octanol–water partition coefficient (Wildman–Crippen LogP) is 3.58. The van der Waals surface area contributed by atoms with Crippen LogP contribution in [-0.2, 0) is 0 Å². The molecule has 82 valence electrons. The van der Waals surface area contributed by atoms with Gasteiger partial charge in [-0.15, -0.1) is 0 Å². The van der Waals surface area contributed by atoms with E-state index in [-0.39, 0.29) is 0 Å². The summed E-state index contributed by atoms with van der Waals surface area (Å²) in [6.45, 7) is 2.13. The van der Waals surface area contributed by atoms with Crippen molar-refractivity contribution in [3.8, 4) is 0 Å². The van der Waals surface area contributed by atoms with E-state index in [4.69, 9.17) is 0 Å². The van der Waals surface area contributed by atoms with Crippen LogP contribution in [0.3, 0.4) is 0 Å². The molecule has 2 aromatic rings. The van der Waals surface area contributed by atoms with Gasteiger partial charge in [0.2, 0.25) is 0 Å². The van der Waals surface area contributed by atoms with Crippen molar-refractivity contribution < 1.29 is 0 Å². The third kappa shape index (κ3) is 2.55. The molecule has 1 heterocycles. The summed E-state index contributed by atoms with van der Waals surface area (Å²) >= 11 is 1.76. The molecule has 1 N–H and O–H groups in total. The first kappa shape index (κ1) is 11.0. The maximum absolute atomic E-state index is 4.20. The summed E-state index contributed by atoms with van der Waals surface area (Å²) < 4.78 is 0. The maximum atomic E-state index is 4.20. The summed E-state index contributed by atoms with van der Waals surface area (Å²) in [5, 5.41) is 3.04.